The van der Waals surface area contributed by atoms with Crippen LogP contribution in [0.3, 0.4) is 0 Å². The first kappa shape index (κ1) is 19.4. The number of rotatable bonds is 2. The van der Waals surface area contributed by atoms with Crippen molar-refractivity contribution in [2.45, 2.75) is 33.2 Å². The minimum Gasteiger partial charge on any atom is -0.477 e. The molecule has 5 rings (SSSR count). The third-order valence-corrected chi connectivity index (χ3v) is 6.26. The highest BCUT2D eigenvalue weighted by Crippen LogP contribution is 2.47. The number of aryl methyl sites for hydroxylation is 1. The molecule has 1 atom stereocenters. The number of carbonyl (C=O) groups is 1. The standard InChI is InChI=1S/C24H23N3O4/c1-24(2,3)21-10-16-15(19-11-20(28)17(23(29)30)12-27(19)21)9-14(13-6-8-31-22(13)16)18-5-7-25-26(18)4/h5-9,11-12,21H,10H2,1-4H3,(H,29,30)/t21-/m0/s1. The van der Waals surface area contributed by atoms with Gasteiger partial charge in [0, 0.05) is 53.6 Å². The maximum atomic E-state index is 12.6. The van der Waals surface area contributed by atoms with Crippen LogP contribution in [0, 0.1) is 5.41 Å². The van der Waals surface area contributed by atoms with Crippen LogP contribution >= 0.6 is 0 Å². The fraction of sp³-hybridized carbons (Fsp3) is 0.292. The number of furan rings is 1. The van der Waals surface area contributed by atoms with Gasteiger partial charge in [-0.05, 0) is 30.0 Å². The van der Waals surface area contributed by atoms with Gasteiger partial charge in [-0.25, -0.2) is 4.79 Å². The average Bonchev–Trinajstić information content (AvgIpc) is 3.34. The van der Waals surface area contributed by atoms with Gasteiger partial charge in [-0.15, -0.1) is 0 Å². The molecular formula is C24H23N3O4. The summed E-state index contributed by atoms with van der Waals surface area (Å²) in [6.07, 6.45) is 5.60. The van der Waals surface area contributed by atoms with Crippen LogP contribution in [-0.4, -0.2) is 25.4 Å². The molecule has 0 radical (unpaired) electrons. The number of hydrogen-bond acceptors (Lipinski definition) is 4. The Morgan fingerprint density at radius 2 is 1.97 bits per heavy atom. The van der Waals surface area contributed by atoms with Crippen LogP contribution in [0.5, 0.6) is 0 Å². The van der Waals surface area contributed by atoms with Gasteiger partial charge in [0.2, 0.25) is 0 Å². The maximum absolute atomic E-state index is 12.6. The summed E-state index contributed by atoms with van der Waals surface area (Å²) in [5, 5.41) is 14.8. The lowest BCUT2D eigenvalue weighted by atomic mass is 9.78. The average molecular weight is 417 g/mol. The van der Waals surface area contributed by atoms with Crippen LogP contribution in [0.4, 0.5) is 0 Å². The van der Waals surface area contributed by atoms with Gasteiger partial charge in [-0.2, -0.15) is 5.10 Å². The molecular weight excluding hydrogens is 394 g/mol. The highest BCUT2D eigenvalue weighted by atomic mass is 16.4. The fourth-order valence-corrected chi connectivity index (χ4v) is 4.67. The molecule has 0 spiro atoms. The zero-order valence-electron chi connectivity index (χ0n) is 17.8. The predicted octanol–water partition coefficient (Wildman–Crippen LogP) is 4.50. The van der Waals surface area contributed by atoms with Gasteiger partial charge in [-0.1, -0.05) is 20.8 Å². The molecule has 4 heterocycles. The van der Waals surface area contributed by atoms with E-state index < -0.39 is 11.4 Å². The van der Waals surface area contributed by atoms with E-state index in [-0.39, 0.29) is 17.0 Å². The van der Waals surface area contributed by atoms with Crippen LogP contribution in [0.1, 0.15) is 42.7 Å². The van der Waals surface area contributed by atoms with E-state index in [1.165, 1.54) is 12.3 Å². The van der Waals surface area contributed by atoms with E-state index in [1.807, 2.05) is 23.7 Å². The summed E-state index contributed by atoms with van der Waals surface area (Å²) in [4.78, 5) is 24.3. The monoisotopic (exact) mass is 417 g/mol. The molecule has 4 aromatic rings. The van der Waals surface area contributed by atoms with Gasteiger partial charge in [-0.3, -0.25) is 9.48 Å². The lowest BCUT2D eigenvalue weighted by Crippen LogP contribution is -2.32. The summed E-state index contributed by atoms with van der Waals surface area (Å²) in [5.74, 6) is -1.21. The summed E-state index contributed by atoms with van der Waals surface area (Å²) in [7, 11) is 1.88. The van der Waals surface area contributed by atoms with Crippen molar-refractivity contribution in [1.29, 1.82) is 0 Å². The van der Waals surface area contributed by atoms with E-state index >= 15 is 0 Å². The Hall–Kier alpha value is -3.61. The first-order chi connectivity index (χ1) is 14.7. The summed E-state index contributed by atoms with van der Waals surface area (Å²) in [6, 6.07) is 7.37. The highest BCUT2D eigenvalue weighted by Gasteiger charge is 2.35. The van der Waals surface area contributed by atoms with Gasteiger partial charge in [0.15, 0.2) is 5.43 Å². The molecule has 0 unspecified atom stereocenters. The molecule has 0 fully saturated rings. The third-order valence-electron chi connectivity index (χ3n) is 6.26. The van der Waals surface area contributed by atoms with Crippen LogP contribution in [0.25, 0.3) is 33.5 Å². The van der Waals surface area contributed by atoms with Crippen molar-refractivity contribution in [3.8, 4) is 22.5 Å². The zero-order chi connectivity index (χ0) is 22.1. The van der Waals surface area contributed by atoms with E-state index in [1.54, 1.807) is 17.1 Å². The van der Waals surface area contributed by atoms with Gasteiger partial charge in [0.05, 0.1) is 17.7 Å². The van der Waals surface area contributed by atoms with Crippen molar-refractivity contribution in [3.63, 3.8) is 0 Å². The largest absolute Gasteiger partial charge is 0.477 e. The second kappa shape index (κ2) is 6.44. The molecule has 0 aliphatic carbocycles. The Morgan fingerprint density at radius 3 is 2.61 bits per heavy atom. The van der Waals surface area contributed by atoms with Gasteiger partial charge < -0.3 is 14.1 Å². The maximum Gasteiger partial charge on any atom is 0.341 e. The molecule has 1 N–H and O–H groups in total. The van der Waals surface area contributed by atoms with Crippen molar-refractivity contribution in [3.05, 3.63) is 64.3 Å². The Balaban J connectivity index is 1.88. The molecule has 31 heavy (non-hydrogen) atoms. The molecule has 0 bridgehead atoms. The number of benzene rings is 1. The second-order valence-corrected chi connectivity index (χ2v) is 9.19. The smallest absolute Gasteiger partial charge is 0.341 e. The Morgan fingerprint density at radius 1 is 1.19 bits per heavy atom. The quantitative estimate of drug-likeness (QED) is 0.518. The minimum absolute atomic E-state index is 0.0375. The SMILES string of the molecule is Cn1nccc1-c1cc2c(c3occc13)C[C@@H](C(C)(C)C)n1cc(C(=O)O)c(=O)cc1-2. The van der Waals surface area contributed by atoms with Crippen molar-refractivity contribution >= 4 is 16.9 Å². The van der Waals surface area contributed by atoms with Gasteiger partial charge in [0.25, 0.3) is 0 Å². The van der Waals surface area contributed by atoms with Crippen molar-refractivity contribution < 1.29 is 14.3 Å². The minimum atomic E-state index is -1.21. The highest BCUT2D eigenvalue weighted by molar-refractivity contribution is 6.00. The van der Waals surface area contributed by atoms with Crippen molar-refractivity contribution in [2.75, 3.05) is 0 Å². The summed E-state index contributed by atoms with van der Waals surface area (Å²) in [5.41, 5.74) is 4.43. The van der Waals surface area contributed by atoms with Gasteiger partial charge in [0.1, 0.15) is 11.1 Å². The molecule has 1 aliphatic rings. The normalized spacial score (nSPS) is 15.7. The van der Waals surface area contributed by atoms with E-state index in [0.717, 1.165) is 33.4 Å². The Labute approximate surface area is 178 Å². The molecule has 158 valence electrons. The number of pyridine rings is 1. The topological polar surface area (TPSA) is 90.3 Å². The van der Waals surface area contributed by atoms with E-state index in [4.69, 9.17) is 4.42 Å². The molecule has 0 amide bonds. The van der Waals surface area contributed by atoms with Crippen molar-refractivity contribution in [1.82, 2.24) is 14.3 Å². The van der Waals surface area contributed by atoms with Crippen LogP contribution in [-0.2, 0) is 13.5 Å². The van der Waals surface area contributed by atoms with Crippen LogP contribution in [0.2, 0.25) is 0 Å². The van der Waals surface area contributed by atoms with Crippen LogP contribution in [0.15, 0.2) is 52.1 Å². The fourth-order valence-electron chi connectivity index (χ4n) is 4.67. The number of aromatic carboxylic acids is 1. The third kappa shape index (κ3) is 2.84. The summed E-state index contributed by atoms with van der Waals surface area (Å²) >= 11 is 0. The second-order valence-electron chi connectivity index (χ2n) is 9.19. The number of carboxylic acids is 1. The lowest BCUT2D eigenvalue weighted by molar-refractivity contribution is 0.0693. The number of hydrogen-bond donors (Lipinski definition) is 1. The molecule has 3 aromatic heterocycles. The Bertz CT molecular complexity index is 1420. The number of nitrogens with zero attached hydrogens (tertiary/aromatic N) is 3. The van der Waals surface area contributed by atoms with E-state index in [2.05, 4.69) is 31.9 Å². The summed E-state index contributed by atoms with van der Waals surface area (Å²) < 4.78 is 9.71. The van der Waals surface area contributed by atoms with Crippen molar-refractivity contribution in [2.24, 2.45) is 12.5 Å². The molecule has 7 nitrogen and oxygen atoms in total. The first-order valence-electron chi connectivity index (χ1n) is 10.2. The molecule has 0 saturated carbocycles. The summed E-state index contributed by atoms with van der Waals surface area (Å²) in [6.45, 7) is 6.36. The first-order valence-corrected chi connectivity index (χ1v) is 10.2. The molecule has 1 aromatic carbocycles. The van der Waals surface area contributed by atoms with E-state index in [9.17, 15) is 14.7 Å². The van der Waals surface area contributed by atoms with E-state index in [0.29, 0.717) is 12.1 Å². The zero-order valence-corrected chi connectivity index (χ0v) is 17.8. The molecule has 1 aliphatic heterocycles. The Kier molecular flexibility index (Phi) is 4.02. The number of fused-ring (bicyclic) bond motifs is 5. The molecule has 0 saturated heterocycles. The number of aromatic nitrogens is 3. The predicted molar refractivity (Wildman–Crippen MR) is 117 cm³/mol. The number of carboxylic acid groups (broad SMARTS) is 1. The molecule has 7 heteroatoms. The lowest BCUT2D eigenvalue weighted by Gasteiger charge is -2.39. The van der Waals surface area contributed by atoms with Gasteiger partial charge >= 0.3 is 5.97 Å². The van der Waals surface area contributed by atoms with Crippen LogP contribution < -0.4 is 5.43 Å².